The third kappa shape index (κ3) is 13.3. The molecule has 0 aliphatic rings. The average Bonchev–Trinajstić information content (AvgIpc) is 2.59. The summed E-state index contributed by atoms with van der Waals surface area (Å²) in [4.78, 5) is 10.8. The Hall–Kier alpha value is -1.11. The van der Waals surface area contributed by atoms with Crippen molar-refractivity contribution in [3.63, 3.8) is 0 Å². The fourth-order valence-electron chi connectivity index (χ4n) is 3.29. The minimum absolute atomic E-state index is 0.343. The van der Waals surface area contributed by atoms with Crippen molar-refractivity contribution in [3.05, 3.63) is 35.9 Å². The molecule has 0 atom stereocenters. The molecule has 0 bridgehead atoms. The molecule has 0 saturated heterocycles. The first-order chi connectivity index (χ1) is 11.8. The first-order valence-corrected chi connectivity index (χ1v) is 10.3. The summed E-state index contributed by atoms with van der Waals surface area (Å²) in [5.41, 5.74) is 1.48. The van der Waals surface area contributed by atoms with Crippen molar-refractivity contribution < 1.29 is 4.79 Å². The summed E-state index contributed by atoms with van der Waals surface area (Å²) in [6, 6.07) is 10.9. The van der Waals surface area contributed by atoms with Gasteiger partial charge in [-0.15, -0.1) is 0 Å². The Morgan fingerprint density at radius 3 is 1.50 bits per heavy atom. The number of rotatable bonds is 16. The lowest BCUT2D eigenvalue weighted by Gasteiger charge is -2.04. The maximum absolute atomic E-state index is 10.8. The van der Waals surface area contributed by atoms with Crippen LogP contribution in [0.2, 0.25) is 0 Å². The summed E-state index contributed by atoms with van der Waals surface area (Å²) in [5.74, 6) is 0.343. The van der Waals surface area contributed by atoms with Crippen molar-refractivity contribution in [2.24, 2.45) is 0 Å². The molecule has 1 nitrogen and oxygen atoms in total. The SMILES string of the molecule is CC(=O)CCCCCCCCCCCCCCCc1ccccc1. The lowest BCUT2D eigenvalue weighted by atomic mass is 10.0. The number of Topliss-reactive ketones (excluding diaryl/α,β-unsaturated/α-hetero) is 1. The third-order valence-corrected chi connectivity index (χ3v) is 4.84. The van der Waals surface area contributed by atoms with E-state index in [1.54, 1.807) is 6.92 Å². The van der Waals surface area contributed by atoms with Crippen LogP contribution in [0.5, 0.6) is 0 Å². The van der Waals surface area contributed by atoms with E-state index < -0.39 is 0 Å². The Kier molecular flexibility index (Phi) is 13.4. The van der Waals surface area contributed by atoms with Gasteiger partial charge in [-0.25, -0.2) is 0 Å². The Morgan fingerprint density at radius 1 is 0.625 bits per heavy atom. The minimum Gasteiger partial charge on any atom is -0.300 e. The van der Waals surface area contributed by atoms with E-state index in [1.165, 1.54) is 89.0 Å². The van der Waals surface area contributed by atoms with Crippen LogP contribution in [0.3, 0.4) is 0 Å². The van der Waals surface area contributed by atoms with Crippen molar-refractivity contribution in [1.82, 2.24) is 0 Å². The van der Waals surface area contributed by atoms with Gasteiger partial charge in [0.2, 0.25) is 0 Å². The maximum Gasteiger partial charge on any atom is 0.129 e. The highest BCUT2D eigenvalue weighted by atomic mass is 16.1. The molecule has 0 unspecified atom stereocenters. The zero-order valence-electron chi connectivity index (χ0n) is 15.9. The summed E-state index contributed by atoms with van der Waals surface area (Å²) in [7, 11) is 0. The van der Waals surface area contributed by atoms with E-state index in [9.17, 15) is 4.79 Å². The molecule has 1 rings (SSSR count). The molecule has 0 fully saturated rings. The highest BCUT2D eigenvalue weighted by molar-refractivity contribution is 5.75. The highest BCUT2D eigenvalue weighted by Crippen LogP contribution is 2.14. The van der Waals surface area contributed by atoms with Gasteiger partial charge in [0.25, 0.3) is 0 Å². The number of hydrogen-bond acceptors (Lipinski definition) is 1. The van der Waals surface area contributed by atoms with Gasteiger partial charge in [-0.1, -0.05) is 101 Å². The molecular weight excluding hydrogens is 292 g/mol. The lowest BCUT2D eigenvalue weighted by molar-refractivity contribution is -0.117. The van der Waals surface area contributed by atoms with Gasteiger partial charge < -0.3 is 4.79 Å². The Labute approximate surface area is 150 Å². The van der Waals surface area contributed by atoms with Crippen LogP contribution in [0.25, 0.3) is 0 Å². The lowest BCUT2D eigenvalue weighted by Crippen LogP contribution is -1.89. The molecule has 0 saturated carbocycles. The fraction of sp³-hybridized carbons (Fsp3) is 0.696. The molecule has 0 aromatic heterocycles. The van der Waals surface area contributed by atoms with Crippen molar-refractivity contribution >= 4 is 5.78 Å². The topological polar surface area (TPSA) is 17.1 Å². The second kappa shape index (κ2) is 15.4. The molecule has 0 spiro atoms. The van der Waals surface area contributed by atoms with E-state index >= 15 is 0 Å². The number of aryl methyl sites for hydroxylation is 1. The predicted octanol–water partition coefficient (Wildman–Crippen LogP) is 7.28. The van der Waals surface area contributed by atoms with Gasteiger partial charge in [-0.3, -0.25) is 0 Å². The minimum atomic E-state index is 0.343. The monoisotopic (exact) mass is 330 g/mol. The van der Waals surface area contributed by atoms with Crippen molar-refractivity contribution in [2.75, 3.05) is 0 Å². The smallest absolute Gasteiger partial charge is 0.129 e. The van der Waals surface area contributed by atoms with Crippen LogP contribution in [-0.4, -0.2) is 5.78 Å². The van der Waals surface area contributed by atoms with E-state index in [1.807, 2.05) is 0 Å². The van der Waals surface area contributed by atoms with Gasteiger partial charge in [0.15, 0.2) is 0 Å². The molecule has 1 heteroatoms. The van der Waals surface area contributed by atoms with E-state index in [4.69, 9.17) is 0 Å². The van der Waals surface area contributed by atoms with Gasteiger partial charge in [0, 0.05) is 6.42 Å². The second-order valence-corrected chi connectivity index (χ2v) is 7.28. The van der Waals surface area contributed by atoms with Crippen LogP contribution >= 0.6 is 0 Å². The van der Waals surface area contributed by atoms with Gasteiger partial charge in [-0.05, 0) is 31.7 Å². The van der Waals surface area contributed by atoms with E-state index in [0.29, 0.717) is 5.78 Å². The third-order valence-electron chi connectivity index (χ3n) is 4.84. The van der Waals surface area contributed by atoms with Crippen molar-refractivity contribution in [2.45, 2.75) is 103 Å². The maximum atomic E-state index is 10.8. The molecule has 0 heterocycles. The van der Waals surface area contributed by atoms with Gasteiger partial charge in [0.05, 0.1) is 0 Å². The summed E-state index contributed by atoms with van der Waals surface area (Å²) >= 11 is 0. The normalized spacial score (nSPS) is 10.9. The molecule has 24 heavy (non-hydrogen) atoms. The van der Waals surface area contributed by atoms with Crippen LogP contribution in [0.1, 0.15) is 102 Å². The molecule has 1 aromatic carbocycles. The molecule has 0 aliphatic carbocycles. The zero-order valence-corrected chi connectivity index (χ0v) is 15.9. The number of benzene rings is 1. The number of ketones is 1. The standard InChI is InChI=1S/C23H38O/c1-22(24)18-14-11-9-7-5-3-2-4-6-8-10-12-15-19-23-20-16-13-17-21-23/h13,16-17,20-21H,2-12,14-15,18-19H2,1H3. The number of carbonyl (C=O) groups is 1. The first kappa shape index (κ1) is 20.9. The molecule has 136 valence electrons. The highest BCUT2D eigenvalue weighted by Gasteiger charge is 1.96. The van der Waals surface area contributed by atoms with Gasteiger partial charge in [0.1, 0.15) is 5.78 Å². The molecule has 0 N–H and O–H groups in total. The molecule has 0 aliphatic heterocycles. The summed E-state index contributed by atoms with van der Waals surface area (Å²) < 4.78 is 0. The molecule has 0 amide bonds. The summed E-state index contributed by atoms with van der Waals surface area (Å²) in [6.45, 7) is 1.70. The zero-order chi connectivity index (χ0) is 17.3. The molecule has 0 radical (unpaired) electrons. The second-order valence-electron chi connectivity index (χ2n) is 7.28. The molecular formula is C23H38O. The Bertz CT molecular complexity index is 396. The van der Waals surface area contributed by atoms with E-state index in [-0.39, 0.29) is 0 Å². The summed E-state index contributed by atoms with van der Waals surface area (Å²) in [5, 5.41) is 0. The quantitative estimate of drug-likeness (QED) is 0.291. The number of unbranched alkanes of at least 4 members (excludes halogenated alkanes) is 12. The molecule has 1 aromatic rings. The van der Waals surface area contributed by atoms with Crippen LogP contribution in [0, 0.1) is 0 Å². The number of carbonyl (C=O) groups excluding carboxylic acids is 1. The van der Waals surface area contributed by atoms with Gasteiger partial charge >= 0.3 is 0 Å². The van der Waals surface area contributed by atoms with E-state index in [2.05, 4.69) is 30.3 Å². The van der Waals surface area contributed by atoms with E-state index in [0.717, 1.165) is 12.8 Å². The van der Waals surface area contributed by atoms with Crippen LogP contribution in [0.4, 0.5) is 0 Å². The van der Waals surface area contributed by atoms with Gasteiger partial charge in [-0.2, -0.15) is 0 Å². The van der Waals surface area contributed by atoms with Crippen LogP contribution < -0.4 is 0 Å². The van der Waals surface area contributed by atoms with Crippen LogP contribution in [0.15, 0.2) is 30.3 Å². The van der Waals surface area contributed by atoms with Crippen LogP contribution in [-0.2, 0) is 11.2 Å². The average molecular weight is 331 g/mol. The Balaban J connectivity index is 1.72. The van der Waals surface area contributed by atoms with Crippen molar-refractivity contribution in [3.8, 4) is 0 Å². The fourth-order valence-corrected chi connectivity index (χ4v) is 3.29. The summed E-state index contributed by atoms with van der Waals surface area (Å²) in [6.07, 6.45) is 19.6. The first-order valence-electron chi connectivity index (χ1n) is 10.3. The van der Waals surface area contributed by atoms with Crippen molar-refractivity contribution in [1.29, 1.82) is 0 Å². The number of hydrogen-bond donors (Lipinski definition) is 0. The Morgan fingerprint density at radius 2 is 1.04 bits per heavy atom. The predicted molar refractivity (Wildman–Crippen MR) is 105 cm³/mol. The largest absolute Gasteiger partial charge is 0.300 e.